The fourth-order valence-electron chi connectivity index (χ4n) is 1.97. The Kier molecular flexibility index (Phi) is 5.77. The number of hydrogen-bond donors (Lipinski definition) is 3. The molecule has 0 spiro atoms. The fraction of sp³-hybridized carbons (Fsp3) is 0.917. The van der Waals surface area contributed by atoms with E-state index in [-0.39, 0.29) is 11.9 Å². The van der Waals surface area contributed by atoms with Crippen molar-refractivity contribution in [3.05, 3.63) is 0 Å². The van der Waals surface area contributed by atoms with E-state index in [1.54, 1.807) is 0 Å². The molecule has 2 atom stereocenters. The van der Waals surface area contributed by atoms with Gasteiger partial charge in [-0.3, -0.25) is 4.79 Å². The highest BCUT2D eigenvalue weighted by molar-refractivity contribution is 5.81. The highest BCUT2D eigenvalue weighted by Crippen LogP contribution is 2.18. The molecule has 94 valence electrons. The summed E-state index contributed by atoms with van der Waals surface area (Å²) in [5.74, 6) is -0.218. The number of likely N-dealkylation sites (N-methyl/N-ethyl adjacent to an activating group) is 1. The molecule has 16 heavy (non-hydrogen) atoms. The van der Waals surface area contributed by atoms with Gasteiger partial charge in [-0.1, -0.05) is 20.3 Å². The van der Waals surface area contributed by atoms with Crippen molar-refractivity contribution in [2.45, 2.75) is 64.1 Å². The van der Waals surface area contributed by atoms with Crippen LogP contribution in [0.15, 0.2) is 0 Å². The molecule has 1 saturated carbocycles. The van der Waals surface area contributed by atoms with Gasteiger partial charge < -0.3 is 15.7 Å². The summed E-state index contributed by atoms with van der Waals surface area (Å²) in [5, 5.41) is 16.0. The second-order valence-corrected chi connectivity index (χ2v) is 4.53. The molecule has 2 unspecified atom stereocenters. The average molecular weight is 228 g/mol. The molecule has 3 N–H and O–H groups in total. The van der Waals surface area contributed by atoms with Crippen LogP contribution in [0.5, 0.6) is 0 Å². The van der Waals surface area contributed by atoms with Gasteiger partial charge in [-0.2, -0.15) is 0 Å². The zero-order valence-electron chi connectivity index (χ0n) is 10.3. The normalized spacial score (nSPS) is 19.9. The SMILES string of the molecule is CCCC(NCC)C(O)C(=O)NC1CCC1. The Morgan fingerprint density at radius 3 is 2.56 bits per heavy atom. The van der Waals surface area contributed by atoms with Crippen LogP contribution in [0.25, 0.3) is 0 Å². The van der Waals surface area contributed by atoms with Crippen LogP contribution in [-0.2, 0) is 4.79 Å². The molecule has 1 fully saturated rings. The molecule has 0 saturated heterocycles. The van der Waals surface area contributed by atoms with E-state index in [2.05, 4.69) is 17.6 Å². The number of amides is 1. The molecule has 0 aliphatic heterocycles. The molecule has 1 aliphatic carbocycles. The van der Waals surface area contributed by atoms with Crippen molar-refractivity contribution in [3.63, 3.8) is 0 Å². The third-order valence-corrected chi connectivity index (χ3v) is 3.17. The minimum atomic E-state index is -0.916. The van der Waals surface area contributed by atoms with Gasteiger partial charge in [-0.25, -0.2) is 0 Å². The van der Waals surface area contributed by atoms with Crippen molar-refractivity contribution in [3.8, 4) is 0 Å². The Hall–Kier alpha value is -0.610. The first-order valence-electron chi connectivity index (χ1n) is 6.40. The summed E-state index contributed by atoms with van der Waals surface area (Å²) < 4.78 is 0. The predicted molar refractivity (Wildman–Crippen MR) is 64.2 cm³/mol. The lowest BCUT2D eigenvalue weighted by Crippen LogP contribution is -2.52. The van der Waals surface area contributed by atoms with Gasteiger partial charge in [-0.15, -0.1) is 0 Å². The quantitative estimate of drug-likeness (QED) is 0.604. The number of nitrogens with one attached hydrogen (secondary N) is 2. The first-order chi connectivity index (χ1) is 7.69. The van der Waals surface area contributed by atoms with Gasteiger partial charge in [0.05, 0.1) is 0 Å². The van der Waals surface area contributed by atoms with Crippen LogP contribution in [0.1, 0.15) is 46.0 Å². The molecule has 0 radical (unpaired) electrons. The van der Waals surface area contributed by atoms with Gasteiger partial charge in [0.25, 0.3) is 5.91 Å². The molecule has 0 bridgehead atoms. The zero-order chi connectivity index (χ0) is 12.0. The maximum absolute atomic E-state index is 11.7. The molecule has 0 aromatic carbocycles. The number of carbonyl (C=O) groups is 1. The molecule has 0 heterocycles. The van der Waals surface area contributed by atoms with E-state index >= 15 is 0 Å². The van der Waals surface area contributed by atoms with Crippen molar-refractivity contribution >= 4 is 5.91 Å². The molecule has 0 aromatic rings. The van der Waals surface area contributed by atoms with E-state index < -0.39 is 6.10 Å². The third-order valence-electron chi connectivity index (χ3n) is 3.17. The highest BCUT2D eigenvalue weighted by Gasteiger charge is 2.28. The lowest BCUT2D eigenvalue weighted by molar-refractivity contribution is -0.132. The maximum Gasteiger partial charge on any atom is 0.250 e. The van der Waals surface area contributed by atoms with Crippen LogP contribution < -0.4 is 10.6 Å². The third kappa shape index (κ3) is 3.76. The van der Waals surface area contributed by atoms with Gasteiger partial charge in [0.15, 0.2) is 0 Å². The van der Waals surface area contributed by atoms with Crippen LogP contribution in [-0.4, -0.2) is 35.7 Å². The maximum atomic E-state index is 11.7. The predicted octanol–water partition coefficient (Wildman–Crippen LogP) is 0.794. The number of hydrogen-bond acceptors (Lipinski definition) is 3. The van der Waals surface area contributed by atoms with Crippen molar-refractivity contribution in [2.75, 3.05) is 6.54 Å². The van der Waals surface area contributed by atoms with Crippen molar-refractivity contribution in [1.82, 2.24) is 10.6 Å². The second-order valence-electron chi connectivity index (χ2n) is 4.53. The van der Waals surface area contributed by atoms with E-state index in [4.69, 9.17) is 0 Å². The molecule has 4 nitrogen and oxygen atoms in total. The molecule has 1 rings (SSSR count). The molecule has 1 aliphatic rings. The van der Waals surface area contributed by atoms with Gasteiger partial charge >= 0.3 is 0 Å². The minimum Gasteiger partial charge on any atom is -0.382 e. The van der Waals surface area contributed by atoms with Gasteiger partial charge in [0.1, 0.15) is 6.10 Å². The van der Waals surface area contributed by atoms with E-state index in [0.29, 0.717) is 6.04 Å². The van der Waals surface area contributed by atoms with E-state index in [1.807, 2.05) is 6.92 Å². The summed E-state index contributed by atoms with van der Waals surface area (Å²) in [5.41, 5.74) is 0. The average Bonchev–Trinajstić information content (AvgIpc) is 2.22. The van der Waals surface area contributed by atoms with Gasteiger partial charge in [0.2, 0.25) is 0 Å². The molecule has 1 amide bonds. The van der Waals surface area contributed by atoms with E-state index in [1.165, 1.54) is 6.42 Å². The van der Waals surface area contributed by atoms with Gasteiger partial charge in [-0.05, 0) is 32.2 Å². The van der Waals surface area contributed by atoms with Crippen molar-refractivity contribution in [2.24, 2.45) is 0 Å². The summed E-state index contributed by atoms with van der Waals surface area (Å²) in [4.78, 5) is 11.7. The Balaban J connectivity index is 2.37. The summed E-state index contributed by atoms with van der Waals surface area (Å²) in [7, 11) is 0. The topological polar surface area (TPSA) is 61.4 Å². The lowest BCUT2D eigenvalue weighted by atomic mass is 9.92. The Morgan fingerprint density at radius 1 is 1.44 bits per heavy atom. The molecule has 4 heteroatoms. The number of aliphatic hydroxyl groups is 1. The van der Waals surface area contributed by atoms with Crippen LogP contribution in [0.4, 0.5) is 0 Å². The van der Waals surface area contributed by atoms with Gasteiger partial charge in [0, 0.05) is 12.1 Å². The second kappa shape index (κ2) is 6.86. The van der Waals surface area contributed by atoms with E-state index in [0.717, 1.165) is 32.2 Å². The van der Waals surface area contributed by atoms with Crippen molar-refractivity contribution < 1.29 is 9.90 Å². The highest BCUT2D eigenvalue weighted by atomic mass is 16.3. The molecule has 0 aromatic heterocycles. The number of rotatable bonds is 7. The summed E-state index contributed by atoms with van der Waals surface area (Å²) in [6.45, 7) is 4.82. The van der Waals surface area contributed by atoms with Crippen LogP contribution in [0.3, 0.4) is 0 Å². The summed E-state index contributed by atoms with van der Waals surface area (Å²) >= 11 is 0. The van der Waals surface area contributed by atoms with Crippen LogP contribution in [0, 0.1) is 0 Å². The standard InChI is InChI=1S/C12H24N2O2/c1-3-6-10(13-4-2)11(15)12(16)14-9-7-5-8-9/h9-11,13,15H,3-8H2,1-2H3,(H,14,16). The smallest absolute Gasteiger partial charge is 0.250 e. The first-order valence-corrected chi connectivity index (χ1v) is 6.40. The Bertz CT molecular complexity index is 211. The molecular formula is C12H24N2O2. The first kappa shape index (κ1) is 13.5. The lowest BCUT2D eigenvalue weighted by Gasteiger charge is -2.29. The minimum absolute atomic E-state index is 0.116. The van der Waals surface area contributed by atoms with Crippen molar-refractivity contribution in [1.29, 1.82) is 0 Å². The summed E-state index contributed by atoms with van der Waals surface area (Å²) in [6, 6.07) is 0.182. The number of carbonyl (C=O) groups excluding carboxylic acids is 1. The fourth-order valence-corrected chi connectivity index (χ4v) is 1.97. The Labute approximate surface area is 97.8 Å². The molecular weight excluding hydrogens is 204 g/mol. The van der Waals surface area contributed by atoms with Crippen LogP contribution >= 0.6 is 0 Å². The zero-order valence-corrected chi connectivity index (χ0v) is 10.3. The van der Waals surface area contributed by atoms with E-state index in [9.17, 15) is 9.90 Å². The largest absolute Gasteiger partial charge is 0.382 e. The monoisotopic (exact) mass is 228 g/mol. The number of aliphatic hydroxyl groups excluding tert-OH is 1. The summed E-state index contributed by atoms with van der Waals surface area (Å²) in [6.07, 6.45) is 4.17. The van der Waals surface area contributed by atoms with Crippen LogP contribution in [0.2, 0.25) is 0 Å². The Morgan fingerprint density at radius 2 is 2.12 bits per heavy atom.